The molecule has 0 saturated carbocycles. The molecule has 2 N–H and O–H groups in total. The van der Waals surface area contributed by atoms with E-state index >= 15 is 0 Å². The Labute approximate surface area is 152 Å². The van der Waals surface area contributed by atoms with Crippen molar-refractivity contribution in [3.05, 3.63) is 46.4 Å². The van der Waals surface area contributed by atoms with Gasteiger partial charge >= 0.3 is 0 Å². The number of aromatic nitrogens is 1. The SMILES string of the molecule is Cl.O=C(c1cc2ccccc2c(=O)[nH]1)N1CCC(N2CCNCC2)C1. The van der Waals surface area contributed by atoms with Gasteiger partial charge in [-0.25, -0.2) is 0 Å². The Bertz CT molecular complexity index is 816. The summed E-state index contributed by atoms with van der Waals surface area (Å²) in [7, 11) is 0. The molecule has 0 spiro atoms. The van der Waals surface area contributed by atoms with Gasteiger partial charge in [-0.2, -0.15) is 0 Å². The maximum atomic E-state index is 12.8. The number of rotatable bonds is 2. The normalized spacial score (nSPS) is 21.3. The summed E-state index contributed by atoms with van der Waals surface area (Å²) in [5.41, 5.74) is 0.189. The monoisotopic (exact) mass is 362 g/mol. The Morgan fingerprint density at radius 1 is 1.12 bits per heavy atom. The lowest BCUT2D eigenvalue weighted by atomic mass is 10.1. The minimum Gasteiger partial charge on any atom is -0.336 e. The van der Waals surface area contributed by atoms with E-state index in [0.717, 1.165) is 51.1 Å². The third-order valence-corrected chi connectivity index (χ3v) is 5.10. The number of benzene rings is 1. The smallest absolute Gasteiger partial charge is 0.270 e. The number of hydrogen-bond donors (Lipinski definition) is 2. The quantitative estimate of drug-likeness (QED) is 0.838. The molecule has 2 saturated heterocycles. The molecular formula is C18H23ClN4O2. The number of H-pyrrole nitrogens is 1. The van der Waals surface area contributed by atoms with Crippen molar-refractivity contribution in [2.75, 3.05) is 39.3 Å². The zero-order valence-electron chi connectivity index (χ0n) is 14.0. The van der Waals surface area contributed by atoms with Crippen LogP contribution in [0.1, 0.15) is 16.9 Å². The molecule has 7 heteroatoms. The van der Waals surface area contributed by atoms with Crippen molar-refractivity contribution < 1.29 is 4.79 Å². The minimum atomic E-state index is -0.200. The molecule has 25 heavy (non-hydrogen) atoms. The lowest BCUT2D eigenvalue weighted by Crippen LogP contribution is -2.49. The second-order valence-electron chi connectivity index (χ2n) is 6.58. The first-order valence-corrected chi connectivity index (χ1v) is 8.58. The Hall–Kier alpha value is -1.89. The van der Waals surface area contributed by atoms with E-state index in [0.29, 0.717) is 17.1 Å². The van der Waals surface area contributed by atoms with E-state index in [1.807, 2.05) is 23.1 Å². The number of hydrogen-bond acceptors (Lipinski definition) is 4. The Balaban J connectivity index is 0.00000182. The van der Waals surface area contributed by atoms with Gasteiger partial charge in [0.1, 0.15) is 5.69 Å². The molecule has 6 nitrogen and oxygen atoms in total. The molecule has 2 aromatic rings. The van der Waals surface area contributed by atoms with Gasteiger partial charge < -0.3 is 15.2 Å². The molecule has 1 unspecified atom stereocenters. The molecular weight excluding hydrogens is 340 g/mol. The number of aromatic amines is 1. The molecule has 0 radical (unpaired) electrons. The van der Waals surface area contributed by atoms with Crippen LogP contribution in [0.3, 0.4) is 0 Å². The predicted octanol–water partition coefficient (Wildman–Crippen LogP) is 1.07. The topological polar surface area (TPSA) is 68.4 Å². The zero-order chi connectivity index (χ0) is 16.5. The molecule has 3 heterocycles. The van der Waals surface area contributed by atoms with Gasteiger partial charge in [0.25, 0.3) is 11.5 Å². The van der Waals surface area contributed by atoms with Gasteiger partial charge in [-0.1, -0.05) is 18.2 Å². The van der Waals surface area contributed by atoms with Crippen LogP contribution in [0.25, 0.3) is 10.8 Å². The average Bonchev–Trinajstić information content (AvgIpc) is 3.12. The number of carbonyl (C=O) groups excluding carboxylic acids is 1. The van der Waals surface area contributed by atoms with Crippen LogP contribution in [0, 0.1) is 0 Å². The molecule has 4 rings (SSSR count). The minimum absolute atomic E-state index is 0. The second-order valence-corrected chi connectivity index (χ2v) is 6.58. The molecule has 1 aromatic heterocycles. The molecule has 1 amide bonds. The number of piperazine rings is 1. The summed E-state index contributed by atoms with van der Waals surface area (Å²) >= 11 is 0. The molecule has 1 atom stereocenters. The van der Waals surface area contributed by atoms with Gasteiger partial charge in [-0.15, -0.1) is 12.4 Å². The van der Waals surface area contributed by atoms with E-state index in [2.05, 4.69) is 15.2 Å². The fraction of sp³-hybridized carbons (Fsp3) is 0.444. The predicted molar refractivity (Wildman–Crippen MR) is 101 cm³/mol. The maximum absolute atomic E-state index is 12.8. The van der Waals surface area contributed by atoms with E-state index in [-0.39, 0.29) is 23.9 Å². The van der Waals surface area contributed by atoms with E-state index in [1.165, 1.54) is 0 Å². The summed E-state index contributed by atoms with van der Waals surface area (Å²) in [5.74, 6) is -0.0736. The molecule has 0 bridgehead atoms. The fourth-order valence-corrected chi connectivity index (χ4v) is 3.77. The number of nitrogens with zero attached hydrogens (tertiary/aromatic N) is 2. The number of pyridine rings is 1. The fourth-order valence-electron chi connectivity index (χ4n) is 3.77. The lowest BCUT2D eigenvalue weighted by Gasteiger charge is -2.32. The van der Waals surface area contributed by atoms with E-state index < -0.39 is 0 Å². The summed E-state index contributed by atoms with van der Waals surface area (Å²) in [5, 5.41) is 4.79. The van der Waals surface area contributed by atoms with Gasteiger partial charge in [0.2, 0.25) is 0 Å². The molecule has 2 fully saturated rings. The first-order chi connectivity index (χ1) is 11.7. The highest BCUT2D eigenvalue weighted by Crippen LogP contribution is 2.19. The zero-order valence-corrected chi connectivity index (χ0v) is 14.8. The van der Waals surface area contributed by atoms with E-state index in [9.17, 15) is 9.59 Å². The van der Waals surface area contributed by atoms with Crippen LogP contribution in [0.5, 0.6) is 0 Å². The van der Waals surface area contributed by atoms with Crippen molar-refractivity contribution in [2.45, 2.75) is 12.5 Å². The summed E-state index contributed by atoms with van der Waals surface area (Å²) in [6.07, 6.45) is 1.00. The number of carbonyl (C=O) groups is 1. The standard InChI is InChI=1S/C18H22N4O2.ClH/c23-17-15-4-2-1-3-13(15)11-16(20-17)18(24)22-8-5-14(12-22)21-9-6-19-7-10-21;/h1-4,11,14,19H,5-10,12H2,(H,20,23);1H. The van der Waals surface area contributed by atoms with Crippen LogP contribution < -0.4 is 10.9 Å². The average molecular weight is 363 g/mol. The number of nitrogens with one attached hydrogen (secondary N) is 2. The number of fused-ring (bicyclic) bond motifs is 1. The second kappa shape index (κ2) is 7.56. The summed E-state index contributed by atoms with van der Waals surface area (Å²) in [6, 6.07) is 9.58. The molecule has 134 valence electrons. The van der Waals surface area contributed by atoms with Gasteiger partial charge in [-0.3, -0.25) is 14.5 Å². The summed E-state index contributed by atoms with van der Waals surface area (Å²) in [6.45, 7) is 5.61. The van der Waals surface area contributed by atoms with Gasteiger partial charge in [0.15, 0.2) is 0 Å². The largest absolute Gasteiger partial charge is 0.336 e. The first-order valence-electron chi connectivity index (χ1n) is 8.58. The van der Waals surface area contributed by atoms with Crippen molar-refractivity contribution >= 4 is 29.1 Å². The van der Waals surface area contributed by atoms with Crippen molar-refractivity contribution in [3.63, 3.8) is 0 Å². The highest BCUT2D eigenvalue weighted by atomic mass is 35.5. The van der Waals surface area contributed by atoms with Gasteiger partial charge in [0.05, 0.1) is 0 Å². The summed E-state index contributed by atoms with van der Waals surface area (Å²) in [4.78, 5) is 32.1. The van der Waals surface area contributed by atoms with Crippen LogP contribution in [0.15, 0.2) is 35.1 Å². The third-order valence-electron chi connectivity index (χ3n) is 5.10. The van der Waals surface area contributed by atoms with E-state index in [1.54, 1.807) is 12.1 Å². The molecule has 2 aliphatic heterocycles. The summed E-state index contributed by atoms with van der Waals surface area (Å²) < 4.78 is 0. The molecule has 0 aliphatic carbocycles. The Morgan fingerprint density at radius 3 is 2.68 bits per heavy atom. The van der Waals surface area contributed by atoms with Crippen LogP contribution in [-0.4, -0.2) is 66.0 Å². The highest BCUT2D eigenvalue weighted by molar-refractivity contribution is 5.96. The van der Waals surface area contributed by atoms with Gasteiger partial charge in [-0.05, 0) is 23.9 Å². The van der Waals surface area contributed by atoms with Crippen molar-refractivity contribution in [1.82, 2.24) is 20.1 Å². The van der Waals surface area contributed by atoms with Crippen molar-refractivity contribution in [2.24, 2.45) is 0 Å². The van der Waals surface area contributed by atoms with Crippen LogP contribution in [0.4, 0.5) is 0 Å². The Kier molecular flexibility index (Phi) is 5.42. The van der Waals surface area contributed by atoms with Crippen LogP contribution in [-0.2, 0) is 0 Å². The van der Waals surface area contributed by atoms with Crippen molar-refractivity contribution in [3.8, 4) is 0 Å². The first kappa shape index (κ1) is 17.9. The number of likely N-dealkylation sites (tertiary alicyclic amines) is 1. The third kappa shape index (κ3) is 3.56. The number of amides is 1. The van der Waals surface area contributed by atoms with Crippen LogP contribution in [0.2, 0.25) is 0 Å². The molecule has 2 aliphatic rings. The number of halogens is 1. The lowest BCUT2D eigenvalue weighted by molar-refractivity contribution is 0.0767. The Morgan fingerprint density at radius 2 is 1.88 bits per heavy atom. The van der Waals surface area contributed by atoms with Crippen LogP contribution >= 0.6 is 12.4 Å². The highest BCUT2D eigenvalue weighted by Gasteiger charge is 2.31. The molecule has 1 aromatic carbocycles. The van der Waals surface area contributed by atoms with Crippen molar-refractivity contribution in [1.29, 1.82) is 0 Å². The maximum Gasteiger partial charge on any atom is 0.270 e. The van der Waals surface area contributed by atoms with E-state index in [4.69, 9.17) is 0 Å². The van der Waals surface area contributed by atoms with Gasteiger partial charge in [0, 0.05) is 50.7 Å².